The SMILES string of the molecule is O=C(CN1C(=O)N[C@]2(CCCc3sccc32)C1=O)N1CC[C@H]2CCCC[C@H]2C1. The smallest absolute Gasteiger partial charge is 0.325 e. The number of fused-ring (bicyclic) bond motifs is 3. The number of nitrogens with zero attached hydrogens (tertiary/aromatic N) is 2. The molecule has 1 N–H and O–H groups in total. The van der Waals surface area contributed by atoms with E-state index in [1.807, 2.05) is 16.3 Å². The third-order valence-electron chi connectivity index (χ3n) is 7.27. The maximum absolute atomic E-state index is 13.3. The Labute approximate surface area is 169 Å². The molecule has 0 unspecified atom stereocenters. The maximum atomic E-state index is 13.3. The molecule has 2 saturated heterocycles. The number of thiophene rings is 1. The van der Waals surface area contributed by atoms with Crippen molar-refractivity contribution in [3.05, 3.63) is 21.9 Å². The third kappa shape index (κ3) is 2.78. The summed E-state index contributed by atoms with van der Waals surface area (Å²) in [6.07, 6.45) is 8.53. The quantitative estimate of drug-likeness (QED) is 0.775. The van der Waals surface area contributed by atoms with E-state index >= 15 is 0 Å². The number of aryl methyl sites for hydroxylation is 1. The van der Waals surface area contributed by atoms with E-state index < -0.39 is 11.6 Å². The molecule has 0 aromatic carbocycles. The van der Waals surface area contributed by atoms with Crippen LogP contribution in [0.1, 0.15) is 55.4 Å². The molecule has 3 heterocycles. The number of urea groups is 1. The first kappa shape index (κ1) is 18.2. The van der Waals surface area contributed by atoms with Gasteiger partial charge in [0, 0.05) is 23.5 Å². The van der Waals surface area contributed by atoms with E-state index in [-0.39, 0.29) is 18.4 Å². The monoisotopic (exact) mass is 401 g/mol. The molecule has 1 spiro atoms. The number of nitrogens with one attached hydrogen (secondary N) is 1. The Balaban J connectivity index is 1.30. The number of hydrogen-bond acceptors (Lipinski definition) is 4. The summed E-state index contributed by atoms with van der Waals surface area (Å²) in [5.41, 5.74) is -0.0264. The fourth-order valence-electron chi connectivity index (χ4n) is 5.75. The van der Waals surface area contributed by atoms with E-state index in [9.17, 15) is 14.4 Å². The van der Waals surface area contributed by atoms with Crippen LogP contribution in [0.25, 0.3) is 0 Å². The van der Waals surface area contributed by atoms with Gasteiger partial charge in [-0.3, -0.25) is 14.5 Å². The molecular weight excluding hydrogens is 374 g/mol. The molecule has 2 aliphatic carbocycles. The van der Waals surface area contributed by atoms with Gasteiger partial charge in [0.15, 0.2) is 0 Å². The molecule has 0 radical (unpaired) electrons. The molecule has 3 atom stereocenters. The van der Waals surface area contributed by atoms with Gasteiger partial charge in [0.05, 0.1) is 0 Å². The van der Waals surface area contributed by atoms with E-state index in [1.54, 1.807) is 11.3 Å². The van der Waals surface area contributed by atoms with Crippen LogP contribution in [-0.2, 0) is 21.5 Å². The predicted octanol–water partition coefficient (Wildman–Crippen LogP) is 2.87. The second-order valence-corrected chi connectivity index (χ2v) is 9.77. The first-order chi connectivity index (χ1) is 13.6. The van der Waals surface area contributed by atoms with Crippen LogP contribution in [-0.4, -0.2) is 47.3 Å². The van der Waals surface area contributed by atoms with Crippen molar-refractivity contribution in [2.24, 2.45) is 11.8 Å². The Bertz CT molecular complexity index is 822. The lowest BCUT2D eigenvalue weighted by molar-refractivity contribution is -0.141. The van der Waals surface area contributed by atoms with Gasteiger partial charge in [-0.2, -0.15) is 0 Å². The largest absolute Gasteiger partial charge is 0.341 e. The van der Waals surface area contributed by atoms with Gasteiger partial charge in [0.2, 0.25) is 5.91 Å². The van der Waals surface area contributed by atoms with Crippen LogP contribution >= 0.6 is 11.3 Å². The predicted molar refractivity (Wildman–Crippen MR) is 106 cm³/mol. The number of hydrogen-bond donors (Lipinski definition) is 1. The fraction of sp³-hybridized carbons (Fsp3) is 0.667. The molecule has 28 heavy (non-hydrogen) atoms. The van der Waals surface area contributed by atoms with Crippen LogP contribution in [0.15, 0.2) is 11.4 Å². The van der Waals surface area contributed by atoms with Gasteiger partial charge in [0.25, 0.3) is 5.91 Å². The van der Waals surface area contributed by atoms with E-state index in [1.165, 1.54) is 30.6 Å². The zero-order valence-corrected chi connectivity index (χ0v) is 16.9. The van der Waals surface area contributed by atoms with Gasteiger partial charge in [-0.15, -0.1) is 11.3 Å². The van der Waals surface area contributed by atoms with Crippen LogP contribution < -0.4 is 5.32 Å². The van der Waals surface area contributed by atoms with Crippen LogP contribution in [0.2, 0.25) is 0 Å². The molecule has 0 bridgehead atoms. The fourth-order valence-corrected chi connectivity index (χ4v) is 6.75. The summed E-state index contributed by atoms with van der Waals surface area (Å²) < 4.78 is 0. The Hall–Kier alpha value is -1.89. The van der Waals surface area contributed by atoms with Crippen molar-refractivity contribution in [3.63, 3.8) is 0 Å². The molecule has 7 heteroatoms. The van der Waals surface area contributed by atoms with Crippen molar-refractivity contribution in [1.82, 2.24) is 15.1 Å². The minimum Gasteiger partial charge on any atom is -0.341 e. The lowest BCUT2D eigenvalue weighted by Gasteiger charge is -2.41. The lowest BCUT2D eigenvalue weighted by atomic mass is 9.75. The second kappa shape index (κ2) is 6.87. The van der Waals surface area contributed by atoms with Gasteiger partial charge >= 0.3 is 6.03 Å². The van der Waals surface area contributed by atoms with Gasteiger partial charge in [-0.25, -0.2) is 4.79 Å². The summed E-state index contributed by atoms with van der Waals surface area (Å²) in [7, 11) is 0. The highest BCUT2D eigenvalue weighted by Gasteiger charge is 2.54. The zero-order valence-electron chi connectivity index (χ0n) is 16.1. The Morgan fingerprint density at radius 1 is 1.18 bits per heavy atom. The van der Waals surface area contributed by atoms with Crippen molar-refractivity contribution < 1.29 is 14.4 Å². The maximum Gasteiger partial charge on any atom is 0.325 e. The van der Waals surface area contributed by atoms with Gasteiger partial charge in [-0.05, 0) is 55.4 Å². The molecular formula is C21H27N3O3S. The normalized spacial score (nSPS) is 32.3. The number of rotatable bonds is 2. The molecule has 1 aromatic heterocycles. The van der Waals surface area contributed by atoms with E-state index in [0.717, 1.165) is 48.7 Å². The van der Waals surface area contributed by atoms with Crippen LogP contribution in [0, 0.1) is 11.8 Å². The number of imide groups is 1. The van der Waals surface area contributed by atoms with Crippen LogP contribution in [0.3, 0.4) is 0 Å². The highest BCUT2D eigenvalue weighted by Crippen LogP contribution is 2.42. The molecule has 2 aliphatic heterocycles. The Morgan fingerprint density at radius 2 is 2.00 bits per heavy atom. The summed E-state index contributed by atoms with van der Waals surface area (Å²) in [6.45, 7) is 1.40. The van der Waals surface area contributed by atoms with Crippen molar-refractivity contribution in [2.45, 2.75) is 56.9 Å². The van der Waals surface area contributed by atoms with E-state index in [2.05, 4.69) is 5.32 Å². The van der Waals surface area contributed by atoms with Gasteiger partial charge in [-0.1, -0.05) is 19.3 Å². The average Bonchev–Trinajstić information content (AvgIpc) is 3.28. The minimum absolute atomic E-state index is 0.0917. The molecule has 3 fully saturated rings. The third-order valence-corrected chi connectivity index (χ3v) is 8.25. The number of likely N-dealkylation sites (tertiary alicyclic amines) is 1. The van der Waals surface area contributed by atoms with Crippen molar-refractivity contribution in [3.8, 4) is 0 Å². The molecule has 150 valence electrons. The minimum atomic E-state index is -0.957. The lowest BCUT2D eigenvalue weighted by Crippen LogP contribution is -2.50. The molecule has 6 nitrogen and oxygen atoms in total. The van der Waals surface area contributed by atoms with Crippen molar-refractivity contribution >= 4 is 29.2 Å². The molecule has 4 aliphatic rings. The summed E-state index contributed by atoms with van der Waals surface area (Å²) in [5, 5.41) is 4.92. The number of amides is 4. The molecule has 5 rings (SSSR count). The van der Waals surface area contributed by atoms with Crippen molar-refractivity contribution in [2.75, 3.05) is 19.6 Å². The topological polar surface area (TPSA) is 69.7 Å². The Morgan fingerprint density at radius 3 is 2.86 bits per heavy atom. The van der Waals surface area contributed by atoms with Crippen molar-refractivity contribution in [1.29, 1.82) is 0 Å². The average molecular weight is 402 g/mol. The summed E-state index contributed by atoms with van der Waals surface area (Å²) in [5.74, 6) is 0.994. The van der Waals surface area contributed by atoms with Gasteiger partial charge < -0.3 is 10.2 Å². The number of carbonyl (C=O) groups is 3. The van der Waals surface area contributed by atoms with Crippen LogP contribution in [0.4, 0.5) is 4.79 Å². The molecule has 1 aromatic rings. The van der Waals surface area contributed by atoms with E-state index in [4.69, 9.17) is 0 Å². The number of piperidine rings is 1. The highest BCUT2D eigenvalue weighted by atomic mass is 32.1. The Kier molecular flexibility index (Phi) is 4.45. The second-order valence-electron chi connectivity index (χ2n) is 8.77. The first-order valence-electron chi connectivity index (χ1n) is 10.6. The number of carbonyl (C=O) groups excluding carboxylic acids is 3. The van der Waals surface area contributed by atoms with Crippen LogP contribution in [0.5, 0.6) is 0 Å². The highest BCUT2D eigenvalue weighted by molar-refractivity contribution is 7.10. The summed E-state index contributed by atoms with van der Waals surface area (Å²) >= 11 is 1.64. The standard InChI is InChI=1S/C21H27N3O3S/c25-18(23-10-7-14-4-1-2-5-15(14)12-23)13-24-19(26)21(22-20(24)27)9-3-6-17-16(21)8-11-28-17/h8,11,14-15H,1-7,9-10,12-13H2,(H,22,27)/t14-,15+,21+/m1/s1. The molecule has 1 saturated carbocycles. The summed E-state index contributed by atoms with van der Waals surface area (Å²) in [6, 6.07) is 1.53. The summed E-state index contributed by atoms with van der Waals surface area (Å²) in [4.78, 5) is 43.1. The first-order valence-corrected chi connectivity index (χ1v) is 11.5. The zero-order chi connectivity index (χ0) is 19.3. The van der Waals surface area contributed by atoms with E-state index in [0.29, 0.717) is 12.3 Å². The van der Waals surface area contributed by atoms with Gasteiger partial charge in [0.1, 0.15) is 12.1 Å². The molecule has 4 amide bonds.